The lowest BCUT2D eigenvalue weighted by Crippen LogP contribution is -2.02. The number of Topliss-reactive ketones (excluding diaryl/α,β-unsaturated/α-hetero) is 1. The maximum absolute atomic E-state index is 13.5. The lowest BCUT2D eigenvalue weighted by Gasteiger charge is -2.04. The molecule has 3 nitrogen and oxygen atoms in total. The number of rotatable bonds is 4. The van der Waals surface area contributed by atoms with Crippen molar-refractivity contribution in [3.05, 3.63) is 53.6 Å². The first-order chi connectivity index (χ1) is 10.1. The predicted molar refractivity (Wildman–Crippen MR) is 74.0 cm³/mol. The van der Waals surface area contributed by atoms with Gasteiger partial charge in [-0.25, -0.2) is 8.78 Å². The Kier molecular flexibility index (Phi) is 3.79. The van der Waals surface area contributed by atoms with Crippen molar-refractivity contribution in [3.63, 3.8) is 0 Å². The maximum atomic E-state index is 13.5. The molecule has 3 rings (SSSR count). The number of ketones is 1. The molecule has 108 valence electrons. The summed E-state index contributed by atoms with van der Waals surface area (Å²) in [5.41, 5.74) is 0.467. The molecule has 0 N–H and O–H groups in total. The topological polar surface area (TPSA) is 35.5 Å². The van der Waals surface area contributed by atoms with Crippen LogP contribution in [0.5, 0.6) is 11.5 Å². The van der Waals surface area contributed by atoms with Crippen LogP contribution >= 0.6 is 11.8 Å². The second-order valence-electron chi connectivity index (χ2n) is 4.35. The van der Waals surface area contributed by atoms with Crippen molar-refractivity contribution >= 4 is 17.5 Å². The second-order valence-corrected chi connectivity index (χ2v) is 5.37. The first kappa shape index (κ1) is 13.9. The maximum Gasteiger partial charge on any atom is 0.231 e. The fourth-order valence-corrected chi connectivity index (χ4v) is 2.70. The Bertz CT molecular complexity index is 703. The minimum atomic E-state index is -0.668. The fraction of sp³-hybridized carbons (Fsp3) is 0.133. The van der Waals surface area contributed by atoms with Crippen molar-refractivity contribution in [2.75, 3.05) is 12.5 Å². The van der Waals surface area contributed by atoms with Crippen LogP contribution in [0.4, 0.5) is 8.78 Å². The number of ether oxygens (including phenoxy) is 2. The number of benzene rings is 2. The van der Waals surface area contributed by atoms with Gasteiger partial charge in [0.05, 0.1) is 5.75 Å². The molecule has 21 heavy (non-hydrogen) atoms. The molecule has 0 aliphatic carbocycles. The molecule has 2 aromatic rings. The van der Waals surface area contributed by atoms with E-state index in [1.165, 1.54) is 6.07 Å². The van der Waals surface area contributed by atoms with Gasteiger partial charge in [0.1, 0.15) is 11.6 Å². The molecule has 0 atom stereocenters. The van der Waals surface area contributed by atoms with Gasteiger partial charge in [0, 0.05) is 16.5 Å². The van der Waals surface area contributed by atoms with Gasteiger partial charge in [0.2, 0.25) is 6.79 Å². The highest BCUT2D eigenvalue weighted by Crippen LogP contribution is 2.33. The number of carbonyl (C=O) groups is 1. The minimum Gasteiger partial charge on any atom is -0.454 e. The Morgan fingerprint density at radius 1 is 1.10 bits per heavy atom. The molecule has 0 saturated carbocycles. The molecular formula is C15H10F2O3S. The molecule has 0 amide bonds. The zero-order valence-electron chi connectivity index (χ0n) is 10.8. The van der Waals surface area contributed by atoms with Crippen LogP contribution in [0.25, 0.3) is 0 Å². The van der Waals surface area contributed by atoms with Gasteiger partial charge >= 0.3 is 0 Å². The van der Waals surface area contributed by atoms with Crippen LogP contribution in [0, 0.1) is 11.6 Å². The molecule has 0 radical (unpaired) electrons. The second kappa shape index (κ2) is 5.73. The van der Waals surface area contributed by atoms with E-state index in [4.69, 9.17) is 9.47 Å². The zero-order valence-corrected chi connectivity index (χ0v) is 11.6. The highest BCUT2D eigenvalue weighted by Gasteiger charge is 2.16. The van der Waals surface area contributed by atoms with Gasteiger partial charge in [-0.15, -0.1) is 11.8 Å². The van der Waals surface area contributed by atoms with Crippen molar-refractivity contribution in [1.29, 1.82) is 0 Å². The van der Waals surface area contributed by atoms with Crippen LogP contribution in [-0.2, 0) is 0 Å². The van der Waals surface area contributed by atoms with E-state index in [2.05, 4.69) is 0 Å². The summed E-state index contributed by atoms with van der Waals surface area (Å²) in [6, 6.07) is 8.19. The molecule has 0 aromatic heterocycles. The highest BCUT2D eigenvalue weighted by atomic mass is 32.2. The van der Waals surface area contributed by atoms with E-state index in [0.717, 1.165) is 23.9 Å². The molecule has 2 aromatic carbocycles. The van der Waals surface area contributed by atoms with E-state index in [-0.39, 0.29) is 23.2 Å². The molecule has 0 saturated heterocycles. The molecule has 0 fully saturated rings. The Morgan fingerprint density at radius 3 is 2.71 bits per heavy atom. The molecule has 6 heteroatoms. The average Bonchev–Trinajstić information content (AvgIpc) is 2.93. The van der Waals surface area contributed by atoms with Gasteiger partial charge in [0.15, 0.2) is 17.3 Å². The van der Waals surface area contributed by atoms with E-state index in [1.54, 1.807) is 18.2 Å². The minimum absolute atomic E-state index is 0.0577. The number of halogens is 2. The molecule has 0 unspecified atom stereocenters. The number of hydrogen-bond acceptors (Lipinski definition) is 4. The number of carbonyl (C=O) groups excluding carboxylic acids is 1. The summed E-state index contributed by atoms with van der Waals surface area (Å²) in [5, 5.41) is 0. The fourth-order valence-electron chi connectivity index (χ4n) is 1.89. The van der Waals surface area contributed by atoms with Crippen LogP contribution in [0.15, 0.2) is 41.3 Å². The van der Waals surface area contributed by atoms with Gasteiger partial charge in [-0.05, 0) is 30.3 Å². The van der Waals surface area contributed by atoms with E-state index in [9.17, 15) is 13.6 Å². The Balaban J connectivity index is 1.69. The first-order valence-corrected chi connectivity index (χ1v) is 7.13. The van der Waals surface area contributed by atoms with Crippen molar-refractivity contribution in [2.24, 2.45) is 0 Å². The monoisotopic (exact) mass is 308 g/mol. The molecule has 1 aliphatic rings. The highest BCUT2D eigenvalue weighted by molar-refractivity contribution is 8.00. The largest absolute Gasteiger partial charge is 0.454 e. The van der Waals surface area contributed by atoms with Gasteiger partial charge in [0.25, 0.3) is 0 Å². The summed E-state index contributed by atoms with van der Waals surface area (Å²) in [6.07, 6.45) is 0. The predicted octanol–water partition coefficient (Wildman–Crippen LogP) is 3.67. The van der Waals surface area contributed by atoms with Gasteiger partial charge in [-0.3, -0.25) is 4.79 Å². The number of thioether (sulfide) groups is 1. The lowest BCUT2D eigenvalue weighted by molar-refractivity contribution is 0.102. The quantitative estimate of drug-likeness (QED) is 0.638. The molecule has 1 heterocycles. The number of fused-ring (bicyclic) bond motifs is 1. The lowest BCUT2D eigenvalue weighted by atomic mass is 10.1. The molecule has 0 bridgehead atoms. The van der Waals surface area contributed by atoms with Crippen LogP contribution in [-0.4, -0.2) is 18.3 Å². The van der Waals surface area contributed by atoms with Crippen molar-refractivity contribution in [2.45, 2.75) is 4.90 Å². The van der Waals surface area contributed by atoms with Crippen LogP contribution in [0.2, 0.25) is 0 Å². The summed E-state index contributed by atoms with van der Waals surface area (Å²) in [5.74, 6) is -0.288. The van der Waals surface area contributed by atoms with E-state index >= 15 is 0 Å². The van der Waals surface area contributed by atoms with Crippen molar-refractivity contribution in [1.82, 2.24) is 0 Å². The summed E-state index contributed by atoms with van der Waals surface area (Å²) >= 11 is 1.03. The molecule has 1 aliphatic heterocycles. The Morgan fingerprint density at radius 2 is 1.90 bits per heavy atom. The molecular weight excluding hydrogens is 298 g/mol. The third-order valence-electron chi connectivity index (χ3n) is 2.95. The van der Waals surface area contributed by atoms with Crippen LogP contribution in [0.1, 0.15) is 10.4 Å². The first-order valence-electron chi connectivity index (χ1n) is 6.14. The van der Waals surface area contributed by atoms with Crippen molar-refractivity contribution < 1.29 is 23.0 Å². The van der Waals surface area contributed by atoms with Gasteiger partial charge in [-0.2, -0.15) is 0 Å². The standard InChI is InChI=1S/C15H10F2O3S/c16-10-2-4-15(11(17)6-10)21-7-12(18)9-1-3-13-14(5-9)20-8-19-13/h1-6H,7-8H2. The zero-order chi connectivity index (χ0) is 14.8. The summed E-state index contributed by atoms with van der Waals surface area (Å²) in [4.78, 5) is 12.3. The summed E-state index contributed by atoms with van der Waals surface area (Å²) in [7, 11) is 0. The SMILES string of the molecule is O=C(CSc1ccc(F)cc1F)c1ccc2c(c1)OCO2. The van der Waals surface area contributed by atoms with E-state index in [0.29, 0.717) is 17.1 Å². The average molecular weight is 308 g/mol. The summed E-state index contributed by atoms with van der Waals surface area (Å²) in [6.45, 7) is 0.141. The Hall–Kier alpha value is -2.08. The smallest absolute Gasteiger partial charge is 0.231 e. The third-order valence-corrected chi connectivity index (χ3v) is 4.00. The van der Waals surface area contributed by atoms with Gasteiger partial charge in [-0.1, -0.05) is 0 Å². The third kappa shape index (κ3) is 3.00. The normalized spacial score (nSPS) is 12.5. The number of hydrogen-bond donors (Lipinski definition) is 0. The van der Waals surface area contributed by atoms with E-state index < -0.39 is 11.6 Å². The van der Waals surface area contributed by atoms with Crippen molar-refractivity contribution in [3.8, 4) is 11.5 Å². The Labute approximate surface area is 123 Å². The summed E-state index contributed by atoms with van der Waals surface area (Å²) < 4.78 is 36.6. The van der Waals surface area contributed by atoms with Crippen LogP contribution in [0.3, 0.4) is 0 Å². The van der Waals surface area contributed by atoms with Gasteiger partial charge < -0.3 is 9.47 Å². The molecule has 0 spiro atoms. The van der Waals surface area contributed by atoms with E-state index in [1.807, 2.05) is 0 Å². The van der Waals surface area contributed by atoms with Crippen LogP contribution < -0.4 is 9.47 Å².